The molecule has 1 aromatic rings. The second-order valence-corrected chi connectivity index (χ2v) is 5.90. The molecule has 134 valence electrons. The van der Waals surface area contributed by atoms with Crippen molar-refractivity contribution in [1.82, 2.24) is 5.32 Å². The van der Waals surface area contributed by atoms with Gasteiger partial charge in [0.25, 0.3) is 0 Å². The average Bonchev–Trinajstić information content (AvgIpc) is 2.44. The summed E-state index contributed by atoms with van der Waals surface area (Å²) in [6.45, 7) is 3.18. The van der Waals surface area contributed by atoms with E-state index in [-0.39, 0.29) is 12.3 Å². The first-order valence-electron chi connectivity index (χ1n) is 7.39. The third kappa shape index (κ3) is 5.52. The van der Waals surface area contributed by atoms with Crippen LogP contribution in [0.15, 0.2) is 24.3 Å². The molecule has 0 saturated carbocycles. The lowest BCUT2D eigenvalue weighted by Gasteiger charge is -2.22. The molecular formula is C16H20F3NO4. The fourth-order valence-corrected chi connectivity index (χ4v) is 2.39. The zero-order valence-corrected chi connectivity index (χ0v) is 13.3. The van der Waals surface area contributed by atoms with Crippen molar-refractivity contribution in [2.45, 2.75) is 38.4 Å². The molecule has 0 heterocycles. The molecule has 5 nitrogen and oxygen atoms in total. The van der Waals surface area contributed by atoms with Crippen LogP contribution < -0.4 is 5.32 Å². The number of benzene rings is 1. The van der Waals surface area contributed by atoms with Gasteiger partial charge in [0.15, 0.2) is 0 Å². The van der Waals surface area contributed by atoms with Gasteiger partial charge in [0.05, 0.1) is 11.5 Å². The number of hydrogen-bond donors (Lipinski definition) is 3. The second-order valence-electron chi connectivity index (χ2n) is 5.90. The summed E-state index contributed by atoms with van der Waals surface area (Å²) < 4.78 is 39.2. The lowest BCUT2D eigenvalue weighted by Crippen LogP contribution is -2.41. The molecular weight excluding hydrogens is 327 g/mol. The Hall–Kier alpha value is -2.09. The van der Waals surface area contributed by atoms with Crippen molar-refractivity contribution < 1.29 is 33.0 Å². The van der Waals surface area contributed by atoms with E-state index in [1.165, 1.54) is 12.1 Å². The van der Waals surface area contributed by atoms with Gasteiger partial charge in [-0.1, -0.05) is 32.0 Å². The van der Waals surface area contributed by atoms with Gasteiger partial charge in [0, 0.05) is 6.54 Å². The summed E-state index contributed by atoms with van der Waals surface area (Å²) in [5.41, 5.74) is -1.42. The SMILES string of the molecule is CC(C)CC(NCC(C(=O)O)c1ccccc1C(F)(F)F)C(=O)O. The number of carbonyl (C=O) groups is 2. The quantitative estimate of drug-likeness (QED) is 0.673. The highest BCUT2D eigenvalue weighted by Crippen LogP contribution is 2.35. The number of nitrogens with one attached hydrogen (secondary N) is 1. The van der Waals surface area contributed by atoms with Crippen LogP contribution in [0.25, 0.3) is 0 Å². The van der Waals surface area contributed by atoms with Gasteiger partial charge >= 0.3 is 18.1 Å². The number of hydrogen-bond acceptors (Lipinski definition) is 3. The summed E-state index contributed by atoms with van der Waals surface area (Å²) in [6, 6.07) is 3.39. The first kappa shape index (κ1) is 20.0. The molecule has 8 heteroatoms. The molecule has 0 spiro atoms. The van der Waals surface area contributed by atoms with Crippen LogP contribution in [0.2, 0.25) is 0 Å². The van der Waals surface area contributed by atoms with Crippen LogP contribution in [0.1, 0.15) is 37.3 Å². The summed E-state index contributed by atoms with van der Waals surface area (Å²) in [7, 11) is 0. The number of alkyl halides is 3. The molecule has 0 aromatic heterocycles. The van der Waals surface area contributed by atoms with E-state index in [1.54, 1.807) is 13.8 Å². The summed E-state index contributed by atoms with van der Waals surface area (Å²) >= 11 is 0. The molecule has 0 aliphatic rings. The van der Waals surface area contributed by atoms with Gasteiger partial charge in [-0.15, -0.1) is 0 Å². The Labute approximate surface area is 137 Å². The van der Waals surface area contributed by atoms with Gasteiger partial charge in [0.1, 0.15) is 6.04 Å². The van der Waals surface area contributed by atoms with Crippen molar-refractivity contribution in [3.05, 3.63) is 35.4 Å². The number of aliphatic carboxylic acids is 2. The molecule has 3 N–H and O–H groups in total. The molecule has 0 radical (unpaired) electrons. The summed E-state index contributed by atoms with van der Waals surface area (Å²) in [6.07, 6.45) is -4.45. The molecule has 0 aliphatic carbocycles. The number of carboxylic acid groups (broad SMARTS) is 2. The minimum Gasteiger partial charge on any atom is -0.481 e. The number of carboxylic acids is 2. The first-order chi connectivity index (χ1) is 11.0. The normalized spacial score (nSPS) is 14.4. The highest BCUT2D eigenvalue weighted by Gasteiger charge is 2.37. The predicted octanol–water partition coefficient (Wildman–Crippen LogP) is 2.96. The summed E-state index contributed by atoms with van der Waals surface area (Å²) in [5, 5.41) is 21.0. The van der Waals surface area contributed by atoms with E-state index in [0.717, 1.165) is 12.1 Å². The Bertz CT molecular complexity index is 587. The maximum absolute atomic E-state index is 13.1. The van der Waals surface area contributed by atoms with Crippen molar-refractivity contribution >= 4 is 11.9 Å². The molecule has 1 aromatic carbocycles. The van der Waals surface area contributed by atoms with E-state index in [0.29, 0.717) is 0 Å². The van der Waals surface area contributed by atoms with Gasteiger partial charge < -0.3 is 15.5 Å². The van der Waals surface area contributed by atoms with E-state index in [2.05, 4.69) is 5.32 Å². The second kappa shape index (κ2) is 8.14. The van der Waals surface area contributed by atoms with Gasteiger partial charge in [0.2, 0.25) is 0 Å². The molecule has 0 fully saturated rings. The molecule has 2 atom stereocenters. The average molecular weight is 347 g/mol. The standard InChI is InChI=1S/C16H20F3NO4/c1-9(2)7-13(15(23)24)20-8-11(14(21)22)10-5-3-4-6-12(10)16(17,18)19/h3-6,9,11,13,20H,7-8H2,1-2H3,(H,21,22)(H,23,24). The molecule has 24 heavy (non-hydrogen) atoms. The minimum atomic E-state index is -4.69. The molecule has 0 bridgehead atoms. The molecule has 0 amide bonds. The van der Waals surface area contributed by atoms with Crippen molar-refractivity contribution in [2.24, 2.45) is 5.92 Å². The highest BCUT2D eigenvalue weighted by molar-refractivity contribution is 5.77. The maximum atomic E-state index is 13.1. The monoisotopic (exact) mass is 347 g/mol. The highest BCUT2D eigenvalue weighted by atomic mass is 19.4. The lowest BCUT2D eigenvalue weighted by atomic mass is 9.93. The molecule has 0 aliphatic heterocycles. The fourth-order valence-electron chi connectivity index (χ4n) is 2.39. The summed E-state index contributed by atoms with van der Waals surface area (Å²) in [5.74, 6) is -4.09. The predicted molar refractivity (Wildman–Crippen MR) is 80.7 cm³/mol. The lowest BCUT2D eigenvalue weighted by molar-refractivity contribution is -0.143. The molecule has 2 unspecified atom stereocenters. The van der Waals surface area contributed by atoms with Crippen molar-refractivity contribution in [1.29, 1.82) is 0 Å². The largest absolute Gasteiger partial charge is 0.481 e. The Balaban J connectivity index is 3.05. The Morgan fingerprint density at radius 1 is 1.12 bits per heavy atom. The van der Waals surface area contributed by atoms with Crippen molar-refractivity contribution in [3.63, 3.8) is 0 Å². The van der Waals surface area contributed by atoms with E-state index in [9.17, 15) is 27.9 Å². The molecule has 0 saturated heterocycles. The van der Waals surface area contributed by atoms with Crippen LogP contribution in [0.3, 0.4) is 0 Å². The Morgan fingerprint density at radius 3 is 2.17 bits per heavy atom. The number of rotatable bonds is 8. The van der Waals surface area contributed by atoms with Crippen LogP contribution in [-0.4, -0.2) is 34.7 Å². The Morgan fingerprint density at radius 2 is 1.71 bits per heavy atom. The first-order valence-corrected chi connectivity index (χ1v) is 7.39. The van der Waals surface area contributed by atoms with Crippen molar-refractivity contribution in [3.8, 4) is 0 Å². The van der Waals surface area contributed by atoms with E-state index in [4.69, 9.17) is 5.11 Å². The smallest absolute Gasteiger partial charge is 0.416 e. The van der Waals surface area contributed by atoms with Gasteiger partial charge in [-0.3, -0.25) is 9.59 Å². The maximum Gasteiger partial charge on any atom is 0.416 e. The number of halogens is 3. The van der Waals surface area contributed by atoms with Gasteiger partial charge in [-0.25, -0.2) is 0 Å². The van der Waals surface area contributed by atoms with Crippen LogP contribution in [0.5, 0.6) is 0 Å². The minimum absolute atomic E-state index is 0.0318. The zero-order valence-electron chi connectivity index (χ0n) is 13.3. The fraction of sp³-hybridized carbons (Fsp3) is 0.500. The van der Waals surface area contributed by atoms with Crippen LogP contribution in [-0.2, 0) is 15.8 Å². The van der Waals surface area contributed by atoms with Crippen LogP contribution in [0, 0.1) is 5.92 Å². The zero-order chi connectivity index (χ0) is 18.5. The summed E-state index contributed by atoms with van der Waals surface area (Å²) in [4.78, 5) is 22.6. The van der Waals surface area contributed by atoms with E-state index >= 15 is 0 Å². The Kier molecular flexibility index (Phi) is 6.77. The third-order valence-electron chi connectivity index (χ3n) is 3.51. The van der Waals surface area contributed by atoms with E-state index in [1.807, 2.05) is 0 Å². The molecule has 1 rings (SSSR count). The third-order valence-corrected chi connectivity index (χ3v) is 3.51. The van der Waals surface area contributed by atoms with Gasteiger partial charge in [-0.05, 0) is 24.0 Å². The van der Waals surface area contributed by atoms with E-state index < -0.39 is 47.7 Å². The van der Waals surface area contributed by atoms with Crippen LogP contribution in [0.4, 0.5) is 13.2 Å². The topological polar surface area (TPSA) is 86.6 Å². The van der Waals surface area contributed by atoms with Crippen LogP contribution >= 0.6 is 0 Å². The van der Waals surface area contributed by atoms with Crippen molar-refractivity contribution in [2.75, 3.05) is 6.54 Å². The van der Waals surface area contributed by atoms with Gasteiger partial charge in [-0.2, -0.15) is 13.2 Å².